The number of aromatic nitrogens is 3. The van der Waals surface area contributed by atoms with Crippen LogP contribution in [0.3, 0.4) is 0 Å². The van der Waals surface area contributed by atoms with Crippen molar-refractivity contribution in [2.45, 2.75) is 51.0 Å². The van der Waals surface area contributed by atoms with Gasteiger partial charge >= 0.3 is 5.97 Å². The molecule has 0 radical (unpaired) electrons. The lowest BCUT2D eigenvalue weighted by molar-refractivity contribution is -0.137. The topological polar surface area (TPSA) is 68.0 Å². The van der Waals surface area contributed by atoms with Crippen molar-refractivity contribution in [1.82, 2.24) is 14.8 Å². The Morgan fingerprint density at radius 3 is 2.88 bits per heavy atom. The highest BCUT2D eigenvalue weighted by Gasteiger charge is 2.19. The molecule has 1 aliphatic rings. The van der Waals surface area contributed by atoms with Crippen LogP contribution >= 0.6 is 0 Å². The van der Waals surface area contributed by atoms with Gasteiger partial charge in [-0.1, -0.05) is 19.3 Å². The minimum absolute atomic E-state index is 0.105. The summed E-state index contributed by atoms with van der Waals surface area (Å²) < 4.78 is 1.64. The summed E-state index contributed by atoms with van der Waals surface area (Å²) in [7, 11) is 0. The van der Waals surface area contributed by atoms with Gasteiger partial charge < -0.3 is 5.11 Å². The van der Waals surface area contributed by atoms with Gasteiger partial charge in [0.15, 0.2) is 5.82 Å². The van der Waals surface area contributed by atoms with E-state index in [0.29, 0.717) is 12.5 Å². The van der Waals surface area contributed by atoms with Crippen LogP contribution in [-0.2, 0) is 11.3 Å². The van der Waals surface area contributed by atoms with E-state index in [1.807, 2.05) is 0 Å². The number of carbonyl (C=O) groups is 1. The van der Waals surface area contributed by atoms with Crippen LogP contribution < -0.4 is 0 Å². The van der Waals surface area contributed by atoms with Crippen molar-refractivity contribution in [2.75, 3.05) is 0 Å². The first-order valence-electron chi connectivity index (χ1n) is 5.87. The SMILES string of the molecule is O=C(O)CCn1cnc(C2CCCCC2)n1. The fourth-order valence-electron chi connectivity index (χ4n) is 2.17. The zero-order chi connectivity index (χ0) is 11.4. The van der Waals surface area contributed by atoms with Crippen LogP contribution in [0.15, 0.2) is 6.33 Å². The maximum atomic E-state index is 10.4. The first-order valence-corrected chi connectivity index (χ1v) is 5.87. The van der Waals surface area contributed by atoms with Gasteiger partial charge in [0.2, 0.25) is 0 Å². The Hall–Kier alpha value is -1.39. The number of aryl methyl sites for hydroxylation is 1. The molecule has 1 saturated carbocycles. The third kappa shape index (κ3) is 2.81. The van der Waals surface area contributed by atoms with E-state index >= 15 is 0 Å². The molecule has 0 spiro atoms. The van der Waals surface area contributed by atoms with Gasteiger partial charge in [-0.2, -0.15) is 5.10 Å². The van der Waals surface area contributed by atoms with Crippen molar-refractivity contribution in [1.29, 1.82) is 0 Å². The molecule has 1 aliphatic carbocycles. The van der Waals surface area contributed by atoms with Crippen LogP contribution in [0.5, 0.6) is 0 Å². The molecular formula is C11H17N3O2. The molecule has 5 heteroatoms. The first kappa shape index (κ1) is 11.1. The average molecular weight is 223 g/mol. The molecule has 1 aromatic heterocycles. The third-order valence-electron chi connectivity index (χ3n) is 3.08. The molecule has 0 bridgehead atoms. The number of aliphatic carboxylic acids is 1. The summed E-state index contributed by atoms with van der Waals surface area (Å²) in [6.07, 6.45) is 7.92. The number of rotatable bonds is 4. The molecule has 0 atom stereocenters. The Balaban J connectivity index is 1.93. The smallest absolute Gasteiger partial charge is 0.305 e. The van der Waals surface area contributed by atoms with Gasteiger partial charge in [0, 0.05) is 5.92 Å². The molecule has 0 aliphatic heterocycles. The molecule has 16 heavy (non-hydrogen) atoms. The van der Waals surface area contributed by atoms with Crippen molar-refractivity contribution >= 4 is 5.97 Å². The van der Waals surface area contributed by atoms with Gasteiger partial charge in [-0.15, -0.1) is 0 Å². The Kier molecular flexibility index (Phi) is 3.54. The minimum atomic E-state index is -0.797. The van der Waals surface area contributed by atoms with E-state index < -0.39 is 5.97 Å². The fourth-order valence-corrected chi connectivity index (χ4v) is 2.17. The largest absolute Gasteiger partial charge is 0.481 e. The number of carboxylic acids is 1. The molecule has 0 amide bonds. The highest BCUT2D eigenvalue weighted by molar-refractivity contribution is 5.66. The quantitative estimate of drug-likeness (QED) is 0.845. The Morgan fingerprint density at radius 1 is 1.44 bits per heavy atom. The molecule has 1 aromatic rings. The second kappa shape index (κ2) is 5.09. The Labute approximate surface area is 94.5 Å². The van der Waals surface area contributed by atoms with Crippen molar-refractivity contribution < 1.29 is 9.90 Å². The van der Waals surface area contributed by atoms with Gasteiger partial charge in [0.25, 0.3) is 0 Å². The molecule has 1 heterocycles. The predicted molar refractivity (Wildman–Crippen MR) is 58.1 cm³/mol. The molecular weight excluding hydrogens is 206 g/mol. The van der Waals surface area contributed by atoms with E-state index in [0.717, 1.165) is 5.82 Å². The van der Waals surface area contributed by atoms with Crippen molar-refractivity contribution in [3.05, 3.63) is 12.2 Å². The lowest BCUT2D eigenvalue weighted by atomic mass is 9.89. The molecule has 5 nitrogen and oxygen atoms in total. The van der Waals surface area contributed by atoms with Crippen molar-refractivity contribution in [3.8, 4) is 0 Å². The summed E-state index contributed by atoms with van der Waals surface area (Å²) in [5.74, 6) is 0.583. The van der Waals surface area contributed by atoms with Crippen molar-refractivity contribution in [3.63, 3.8) is 0 Å². The minimum Gasteiger partial charge on any atom is -0.481 e. The van der Waals surface area contributed by atoms with E-state index in [4.69, 9.17) is 5.11 Å². The van der Waals surface area contributed by atoms with E-state index in [-0.39, 0.29) is 6.42 Å². The zero-order valence-electron chi connectivity index (χ0n) is 9.30. The highest BCUT2D eigenvalue weighted by atomic mass is 16.4. The van der Waals surface area contributed by atoms with Crippen LogP contribution in [0.1, 0.15) is 50.3 Å². The first-order chi connectivity index (χ1) is 7.75. The van der Waals surface area contributed by atoms with Gasteiger partial charge in [-0.25, -0.2) is 4.98 Å². The molecule has 0 aromatic carbocycles. The molecule has 2 rings (SSSR count). The molecule has 0 unspecified atom stereocenters. The summed E-state index contributed by atoms with van der Waals surface area (Å²) in [4.78, 5) is 14.7. The number of carboxylic acid groups (broad SMARTS) is 1. The van der Waals surface area contributed by atoms with Gasteiger partial charge in [-0.05, 0) is 12.8 Å². The molecule has 88 valence electrons. The van der Waals surface area contributed by atoms with Crippen molar-refractivity contribution in [2.24, 2.45) is 0 Å². The number of hydrogen-bond donors (Lipinski definition) is 1. The summed E-state index contributed by atoms with van der Waals surface area (Å²) in [6, 6.07) is 0. The normalized spacial score (nSPS) is 17.5. The van der Waals surface area contributed by atoms with Crippen LogP contribution in [0, 0.1) is 0 Å². The van der Waals surface area contributed by atoms with E-state index in [1.54, 1.807) is 11.0 Å². The van der Waals surface area contributed by atoms with E-state index in [9.17, 15) is 4.79 Å². The average Bonchev–Trinajstić information content (AvgIpc) is 2.76. The summed E-state index contributed by atoms with van der Waals surface area (Å²) >= 11 is 0. The highest BCUT2D eigenvalue weighted by Crippen LogP contribution is 2.30. The van der Waals surface area contributed by atoms with Gasteiger partial charge in [0.05, 0.1) is 13.0 Å². The summed E-state index contributed by atoms with van der Waals surface area (Å²) in [6.45, 7) is 0.412. The Morgan fingerprint density at radius 2 is 2.19 bits per heavy atom. The third-order valence-corrected chi connectivity index (χ3v) is 3.08. The standard InChI is InChI=1S/C11H17N3O2/c15-10(16)6-7-14-8-12-11(13-14)9-4-2-1-3-5-9/h8-9H,1-7H2,(H,15,16). The maximum Gasteiger partial charge on any atom is 0.305 e. The van der Waals surface area contributed by atoms with Crippen LogP contribution in [0.25, 0.3) is 0 Å². The van der Waals surface area contributed by atoms with Gasteiger partial charge in [-0.3, -0.25) is 9.48 Å². The lowest BCUT2D eigenvalue weighted by Gasteiger charge is -2.18. The van der Waals surface area contributed by atoms with E-state index in [2.05, 4.69) is 10.1 Å². The van der Waals surface area contributed by atoms with Crippen LogP contribution in [-0.4, -0.2) is 25.8 Å². The Bertz CT molecular complexity index is 356. The summed E-state index contributed by atoms with van der Waals surface area (Å²) in [5.41, 5.74) is 0. The van der Waals surface area contributed by atoms with Crippen LogP contribution in [0.4, 0.5) is 0 Å². The van der Waals surface area contributed by atoms with Gasteiger partial charge in [0.1, 0.15) is 6.33 Å². The number of hydrogen-bond acceptors (Lipinski definition) is 3. The zero-order valence-corrected chi connectivity index (χ0v) is 9.30. The van der Waals surface area contributed by atoms with E-state index in [1.165, 1.54) is 32.1 Å². The molecule has 1 fully saturated rings. The number of nitrogens with zero attached hydrogens (tertiary/aromatic N) is 3. The van der Waals surface area contributed by atoms with Crippen LogP contribution in [0.2, 0.25) is 0 Å². The second-order valence-electron chi connectivity index (χ2n) is 4.34. The second-order valence-corrected chi connectivity index (χ2v) is 4.34. The lowest BCUT2D eigenvalue weighted by Crippen LogP contribution is -2.09. The maximum absolute atomic E-state index is 10.4. The predicted octanol–water partition coefficient (Wildman–Crippen LogP) is 1.80. The fraction of sp³-hybridized carbons (Fsp3) is 0.727. The molecule has 1 N–H and O–H groups in total. The molecule has 0 saturated heterocycles. The summed E-state index contributed by atoms with van der Waals surface area (Å²) in [5, 5.41) is 12.9. The monoisotopic (exact) mass is 223 g/mol.